The van der Waals surface area contributed by atoms with E-state index in [9.17, 15) is 13.2 Å². The van der Waals surface area contributed by atoms with E-state index < -0.39 is 15.7 Å². The molecule has 1 heterocycles. The van der Waals surface area contributed by atoms with Crippen LogP contribution in [0.1, 0.15) is 0 Å². The number of fused-ring (bicyclic) bond motifs is 1. The summed E-state index contributed by atoms with van der Waals surface area (Å²) in [5.41, 5.74) is 0.980. The van der Waals surface area contributed by atoms with Crippen LogP contribution in [0.15, 0.2) is 68.7 Å². The SMILES string of the molecule is O=c1oc2cc(S(=O)(=O)O)cccc-2c1-c1ccccc1. The maximum absolute atomic E-state index is 12.0. The number of rotatable bonds is 2. The van der Waals surface area contributed by atoms with Gasteiger partial charge in [0.1, 0.15) is 5.76 Å². The molecule has 3 rings (SSSR count). The fourth-order valence-corrected chi connectivity index (χ4v) is 2.67. The summed E-state index contributed by atoms with van der Waals surface area (Å²) < 4.78 is 36.6. The van der Waals surface area contributed by atoms with Crippen molar-refractivity contribution in [2.24, 2.45) is 0 Å². The summed E-state index contributed by atoms with van der Waals surface area (Å²) >= 11 is 0. The molecule has 1 aromatic carbocycles. The summed E-state index contributed by atoms with van der Waals surface area (Å²) in [6.07, 6.45) is 0. The Hall–Kier alpha value is -2.44. The zero-order valence-corrected chi connectivity index (χ0v) is 11.5. The van der Waals surface area contributed by atoms with Gasteiger partial charge in [0, 0.05) is 11.6 Å². The molecule has 1 N–H and O–H groups in total. The highest BCUT2D eigenvalue weighted by Crippen LogP contribution is 2.32. The lowest BCUT2D eigenvalue weighted by molar-refractivity contribution is 0.482. The Balaban J connectivity index is 2.29. The van der Waals surface area contributed by atoms with E-state index in [4.69, 9.17) is 8.97 Å². The Morgan fingerprint density at radius 3 is 2.33 bits per heavy atom. The molecule has 0 unspecified atom stereocenters. The average molecular weight is 302 g/mol. The van der Waals surface area contributed by atoms with Gasteiger partial charge >= 0.3 is 5.63 Å². The van der Waals surface area contributed by atoms with Crippen molar-refractivity contribution in [3.05, 3.63) is 65.0 Å². The minimum absolute atomic E-state index is 0.108. The molecule has 5 nitrogen and oxygen atoms in total. The number of benzene rings is 1. The quantitative estimate of drug-likeness (QED) is 0.736. The van der Waals surface area contributed by atoms with Crippen LogP contribution in [-0.2, 0) is 10.1 Å². The molecule has 1 aliphatic heterocycles. The van der Waals surface area contributed by atoms with Gasteiger partial charge in [-0.2, -0.15) is 8.42 Å². The van der Waals surface area contributed by atoms with Crippen LogP contribution < -0.4 is 5.63 Å². The molecule has 0 fully saturated rings. The van der Waals surface area contributed by atoms with Crippen molar-refractivity contribution in [3.8, 4) is 22.5 Å². The highest BCUT2D eigenvalue weighted by atomic mass is 32.2. The number of hydrogen-bond acceptors (Lipinski definition) is 4. The highest BCUT2D eigenvalue weighted by molar-refractivity contribution is 7.85. The third kappa shape index (κ3) is 2.46. The van der Waals surface area contributed by atoms with E-state index >= 15 is 0 Å². The Kier molecular flexibility index (Phi) is 3.12. The Morgan fingerprint density at radius 2 is 1.67 bits per heavy atom. The lowest BCUT2D eigenvalue weighted by Crippen LogP contribution is -1.96. The van der Waals surface area contributed by atoms with Gasteiger partial charge in [-0.05, 0) is 11.6 Å². The van der Waals surface area contributed by atoms with Crippen molar-refractivity contribution >= 4 is 10.1 Å². The summed E-state index contributed by atoms with van der Waals surface area (Å²) in [5, 5.41) is 0. The Morgan fingerprint density at radius 1 is 0.952 bits per heavy atom. The molecule has 0 aromatic heterocycles. The summed E-state index contributed by atoms with van der Waals surface area (Å²) in [4.78, 5) is 11.7. The summed E-state index contributed by atoms with van der Waals surface area (Å²) in [7, 11) is -4.37. The minimum atomic E-state index is -4.37. The second-order valence-electron chi connectivity index (χ2n) is 4.46. The van der Waals surface area contributed by atoms with Gasteiger partial charge in [-0.3, -0.25) is 4.55 Å². The molecule has 0 bridgehead atoms. The van der Waals surface area contributed by atoms with Crippen molar-refractivity contribution < 1.29 is 17.4 Å². The van der Waals surface area contributed by atoms with Crippen LogP contribution in [0.25, 0.3) is 22.5 Å². The fraction of sp³-hybridized carbons (Fsp3) is 0. The van der Waals surface area contributed by atoms with Gasteiger partial charge in [-0.15, -0.1) is 0 Å². The zero-order chi connectivity index (χ0) is 15.0. The van der Waals surface area contributed by atoms with E-state index in [1.54, 1.807) is 30.3 Å². The average Bonchev–Trinajstić information content (AvgIpc) is 2.60. The highest BCUT2D eigenvalue weighted by Gasteiger charge is 2.20. The van der Waals surface area contributed by atoms with Crippen molar-refractivity contribution in [2.75, 3.05) is 0 Å². The molecule has 1 aromatic rings. The summed E-state index contributed by atoms with van der Waals surface area (Å²) in [5.74, 6) is 0.108. The van der Waals surface area contributed by atoms with Crippen LogP contribution >= 0.6 is 0 Å². The maximum Gasteiger partial charge on any atom is 0.344 e. The second-order valence-corrected chi connectivity index (χ2v) is 5.88. The lowest BCUT2D eigenvalue weighted by atomic mass is 10.0. The van der Waals surface area contributed by atoms with E-state index in [1.165, 1.54) is 12.1 Å². The monoisotopic (exact) mass is 302 g/mol. The summed E-state index contributed by atoms with van der Waals surface area (Å²) in [6, 6.07) is 14.4. The molecule has 0 saturated carbocycles. The first-order chi connectivity index (χ1) is 9.97. The zero-order valence-electron chi connectivity index (χ0n) is 10.7. The molecule has 0 atom stereocenters. The molecule has 106 valence electrons. The largest absolute Gasteiger partial charge is 0.422 e. The fourth-order valence-electron chi connectivity index (χ4n) is 2.17. The van der Waals surface area contributed by atoms with Crippen molar-refractivity contribution in [1.29, 1.82) is 0 Å². The molecule has 2 aliphatic rings. The van der Waals surface area contributed by atoms with Crippen LogP contribution in [0.5, 0.6) is 0 Å². The van der Waals surface area contributed by atoms with Gasteiger partial charge in [0.15, 0.2) is 0 Å². The van der Waals surface area contributed by atoms with Gasteiger partial charge in [0.05, 0.1) is 10.5 Å². The van der Waals surface area contributed by atoms with E-state index in [0.717, 1.165) is 6.07 Å². The smallest absolute Gasteiger partial charge is 0.344 e. The topological polar surface area (TPSA) is 84.6 Å². The van der Waals surface area contributed by atoms with E-state index in [2.05, 4.69) is 0 Å². The van der Waals surface area contributed by atoms with E-state index in [-0.39, 0.29) is 10.7 Å². The first kappa shape index (κ1) is 13.5. The normalized spacial score (nSPS) is 11.7. The first-order valence-corrected chi connectivity index (χ1v) is 7.50. The van der Waals surface area contributed by atoms with Crippen molar-refractivity contribution in [3.63, 3.8) is 0 Å². The lowest BCUT2D eigenvalue weighted by Gasteiger charge is -1.97. The minimum Gasteiger partial charge on any atom is -0.422 e. The third-order valence-corrected chi connectivity index (χ3v) is 3.95. The molecular weight excluding hydrogens is 292 g/mol. The van der Waals surface area contributed by atoms with Gasteiger partial charge in [-0.25, -0.2) is 4.79 Å². The molecule has 1 aliphatic carbocycles. The van der Waals surface area contributed by atoms with Gasteiger partial charge in [0.2, 0.25) is 0 Å². The van der Waals surface area contributed by atoms with Gasteiger partial charge in [0.25, 0.3) is 10.1 Å². The Bertz CT molecular complexity index is 926. The molecule has 0 spiro atoms. The third-order valence-electron chi connectivity index (χ3n) is 3.10. The van der Waals surface area contributed by atoms with Crippen LogP contribution in [0.2, 0.25) is 0 Å². The van der Waals surface area contributed by atoms with Gasteiger partial charge in [-0.1, -0.05) is 42.5 Å². The molecule has 6 heteroatoms. The van der Waals surface area contributed by atoms with E-state index in [1.807, 2.05) is 6.07 Å². The maximum atomic E-state index is 12.0. The number of hydrogen-bond donors (Lipinski definition) is 1. The summed E-state index contributed by atoms with van der Waals surface area (Å²) in [6.45, 7) is 0. The van der Waals surface area contributed by atoms with Crippen molar-refractivity contribution in [2.45, 2.75) is 4.90 Å². The first-order valence-electron chi connectivity index (χ1n) is 6.06. The van der Waals surface area contributed by atoms with Crippen LogP contribution in [0, 0.1) is 0 Å². The number of furan rings is 1. The van der Waals surface area contributed by atoms with Crippen molar-refractivity contribution in [1.82, 2.24) is 0 Å². The molecule has 0 saturated heterocycles. The standard InChI is InChI=1S/C15H10O5S/c16-15-14(10-5-2-1-3-6-10)12-8-4-7-11(21(17,18)19)9-13(12)20-15/h1-9H,(H,17,18,19). The predicted octanol–water partition coefficient (Wildman–Crippen LogP) is 2.66. The molecule has 0 radical (unpaired) electrons. The van der Waals surface area contributed by atoms with Crippen LogP contribution in [-0.4, -0.2) is 13.0 Å². The molecule has 0 amide bonds. The van der Waals surface area contributed by atoms with Crippen LogP contribution in [0.4, 0.5) is 0 Å². The second kappa shape index (κ2) is 4.83. The Labute approximate surface area is 120 Å². The van der Waals surface area contributed by atoms with Crippen LogP contribution in [0.3, 0.4) is 0 Å². The molecule has 21 heavy (non-hydrogen) atoms. The van der Waals surface area contributed by atoms with Gasteiger partial charge < -0.3 is 4.42 Å². The van der Waals surface area contributed by atoms with E-state index in [0.29, 0.717) is 16.7 Å². The molecular formula is C15H10O5S. The predicted molar refractivity (Wildman–Crippen MR) is 76.9 cm³/mol.